The van der Waals surface area contributed by atoms with Gasteiger partial charge in [0, 0.05) is 23.5 Å². The zero-order chi connectivity index (χ0) is 18.8. The number of rotatable bonds is 4. The van der Waals surface area contributed by atoms with Crippen molar-refractivity contribution in [3.8, 4) is 0 Å². The molecule has 0 aliphatic carbocycles. The molecule has 0 aromatic heterocycles. The molecule has 25 heavy (non-hydrogen) atoms. The van der Waals surface area contributed by atoms with Crippen LogP contribution in [0.4, 0.5) is 4.79 Å². The number of halogens is 1. The second-order valence-electron chi connectivity index (χ2n) is 7.17. The maximum atomic E-state index is 12.6. The van der Waals surface area contributed by atoms with E-state index >= 15 is 0 Å². The number of hydrogen-bond acceptors (Lipinski definition) is 3. The SMILES string of the molecule is CC[C@@H](NC(=O)O)C(=O)N1CC[C@](O)(c2ccc(Cl)cc2)C(C)(C)C1. The standard InChI is InChI=1S/C18H25ClN2O4/c1-4-14(20-16(23)24)15(22)21-10-9-18(25,17(2,3)11-21)12-5-7-13(19)8-6-12/h5-8,14,20,25H,4,9-11H2,1-3H3,(H,23,24)/t14-,18+/m1/s1. The van der Waals surface area contributed by atoms with Gasteiger partial charge in [-0.2, -0.15) is 0 Å². The van der Waals surface area contributed by atoms with Gasteiger partial charge in [-0.05, 0) is 30.5 Å². The molecule has 1 aromatic rings. The maximum absolute atomic E-state index is 12.6. The summed E-state index contributed by atoms with van der Waals surface area (Å²) in [4.78, 5) is 25.1. The van der Waals surface area contributed by atoms with Crippen LogP contribution in [0.1, 0.15) is 39.2 Å². The average Bonchev–Trinajstić information content (AvgIpc) is 2.54. The number of carbonyl (C=O) groups is 2. The molecule has 138 valence electrons. The van der Waals surface area contributed by atoms with Gasteiger partial charge in [-0.25, -0.2) is 4.79 Å². The highest BCUT2D eigenvalue weighted by Gasteiger charge is 2.50. The highest BCUT2D eigenvalue weighted by atomic mass is 35.5. The van der Waals surface area contributed by atoms with Gasteiger partial charge in [-0.3, -0.25) is 4.79 Å². The first-order chi connectivity index (χ1) is 11.6. The van der Waals surface area contributed by atoms with Crippen LogP contribution in [0.5, 0.6) is 0 Å². The molecular formula is C18H25ClN2O4. The first-order valence-corrected chi connectivity index (χ1v) is 8.75. The molecule has 0 bridgehead atoms. The number of benzene rings is 1. The first-order valence-electron chi connectivity index (χ1n) is 8.37. The van der Waals surface area contributed by atoms with E-state index in [0.717, 1.165) is 5.56 Å². The molecule has 6 nitrogen and oxygen atoms in total. The molecule has 2 amide bonds. The Morgan fingerprint density at radius 1 is 1.32 bits per heavy atom. The number of carboxylic acid groups (broad SMARTS) is 1. The molecule has 2 atom stereocenters. The molecule has 0 radical (unpaired) electrons. The Kier molecular flexibility index (Phi) is 5.64. The van der Waals surface area contributed by atoms with E-state index in [4.69, 9.17) is 16.7 Å². The van der Waals surface area contributed by atoms with Crippen molar-refractivity contribution in [2.24, 2.45) is 5.41 Å². The van der Waals surface area contributed by atoms with E-state index in [1.807, 2.05) is 26.0 Å². The van der Waals surface area contributed by atoms with Gasteiger partial charge < -0.3 is 20.4 Å². The number of piperidine rings is 1. The highest BCUT2D eigenvalue weighted by Crippen LogP contribution is 2.46. The van der Waals surface area contributed by atoms with E-state index in [1.165, 1.54) is 0 Å². The lowest BCUT2D eigenvalue weighted by Gasteiger charge is -2.51. The quantitative estimate of drug-likeness (QED) is 0.762. The normalized spacial score (nSPS) is 23.8. The summed E-state index contributed by atoms with van der Waals surface area (Å²) in [5.41, 5.74) is -0.920. The van der Waals surface area contributed by atoms with Crippen molar-refractivity contribution in [3.05, 3.63) is 34.9 Å². The van der Waals surface area contributed by atoms with Gasteiger partial charge in [-0.1, -0.05) is 44.5 Å². The Labute approximate surface area is 152 Å². The lowest BCUT2D eigenvalue weighted by Crippen LogP contribution is -2.59. The van der Waals surface area contributed by atoms with Crippen molar-refractivity contribution in [2.75, 3.05) is 13.1 Å². The summed E-state index contributed by atoms with van der Waals surface area (Å²) in [5.74, 6) is -0.254. The van der Waals surface area contributed by atoms with Crippen LogP contribution in [-0.2, 0) is 10.4 Å². The van der Waals surface area contributed by atoms with Crippen molar-refractivity contribution in [3.63, 3.8) is 0 Å². The van der Waals surface area contributed by atoms with Gasteiger partial charge in [0.25, 0.3) is 0 Å². The van der Waals surface area contributed by atoms with Crippen LogP contribution in [0, 0.1) is 5.41 Å². The van der Waals surface area contributed by atoms with E-state index in [-0.39, 0.29) is 5.91 Å². The van der Waals surface area contributed by atoms with Crippen molar-refractivity contribution < 1.29 is 19.8 Å². The number of aliphatic hydroxyl groups is 1. The number of likely N-dealkylation sites (tertiary alicyclic amines) is 1. The predicted octanol–water partition coefficient (Wildman–Crippen LogP) is 2.83. The van der Waals surface area contributed by atoms with Crippen LogP contribution in [0.3, 0.4) is 0 Å². The molecule has 2 rings (SSSR count). The fourth-order valence-corrected chi connectivity index (χ4v) is 3.60. The van der Waals surface area contributed by atoms with Crippen molar-refractivity contribution >= 4 is 23.6 Å². The fraction of sp³-hybridized carbons (Fsp3) is 0.556. The molecule has 3 N–H and O–H groups in total. The average molecular weight is 369 g/mol. The fourth-order valence-electron chi connectivity index (χ4n) is 3.48. The van der Waals surface area contributed by atoms with Gasteiger partial charge in [-0.15, -0.1) is 0 Å². The van der Waals surface area contributed by atoms with Crippen LogP contribution < -0.4 is 5.32 Å². The van der Waals surface area contributed by atoms with Gasteiger partial charge >= 0.3 is 6.09 Å². The third kappa shape index (κ3) is 3.90. The van der Waals surface area contributed by atoms with Gasteiger partial charge in [0.05, 0.1) is 5.60 Å². The van der Waals surface area contributed by atoms with Gasteiger partial charge in [0.15, 0.2) is 0 Å². The zero-order valence-electron chi connectivity index (χ0n) is 14.8. The number of amides is 2. The number of nitrogens with zero attached hydrogens (tertiary/aromatic N) is 1. The monoisotopic (exact) mass is 368 g/mol. The largest absolute Gasteiger partial charge is 0.465 e. The Morgan fingerprint density at radius 3 is 2.40 bits per heavy atom. The first kappa shape index (κ1) is 19.5. The molecule has 1 aromatic carbocycles. The third-order valence-corrected chi connectivity index (χ3v) is 5.34. The smallest absolute Gasteiger partial charge is 0.405 e. The lowest BCUT2D eigenvalue weighted by molar-refractivity contribution is -0.154. The molecular weight excluding hydrogens is 344 g/mol. The summed E-state index contributed by atoms with van der Waals surface area (Å²) in [5, 5.41) is 23.1. The molecule has 0 spiro atoms. The van der Waals surface area contributed by atoms with E-state index in [9.17, 15) is 14.7 Å². The van der Waals surface area contributed by atoms with Crippen LogP contribution >= 0.6 is 11.6 Å². The topological polar surface area (TPSA) is 89.9 Å². The molecule has 1 aliphatic rings. The van der Waals surface area contributed by atoms with Crippen molar-refractivity contribution in [1.29, 1.82) is 0 Å². The Morgan fingerprint density at radius 2 is 1.92 bits per heavy atom. The minimum atomic E-state index is -1.21. The Bertz CT molecular complexity index is 647. The summed E-state index contributed by atoms with van der Waals surface area (Å²) in [6.07, 6.45) is -0.463. The summed E-state index contributed by atoms with van der Waals surface area (Å²) < 4.78 is 0. The number of hydrogen-bond donors (Lipinski definition) is 3. The zero-order valence-corrected chi connectivity index (χ0v) is 15.5. The highest BCUT2D eigenvalue weighted by molar-refractivity contribution is 6.30. The predicted molar refractivity (Wildman–Crippen MR) is 95.6 cm³/mol. The van der Waals surface area contributed by atoms with Gasteiger partial charge in [0.2, 0.25) is 5.91 Å². The minimum Gasteiger partial charge on any atom is -0.465 e. The van der Waals surface area contributed by atoms with E-state index in [2.05, 4.69) is 5.32 Å². The van der Waals surface area contributed by atoms with Crippen LogP contribution in [0.25, 0.3) is 0 Å². The Hall–Kier alpha value is -1.79. The minimum absolute atomic E-state index is 0.254. The van der Waals surface area contributed by atoms with Crippen molar-refractivity contribution in [1.82, 2.24) is 10.2 Å². The molecule has 1 fully saturated rings. The molecule has 0 saturated carbocycles. The summed E-state index contributed by atoms with van der Waals surface area (Å²) >= 11 is 5.93. The summed E-state index contributed by atoms with van der Waals surface area (Å²) in [6, 6.07) is 6.33. The molecule has 7 heteroatoms. The second kappa shape index (κ2) is 7.22. The molecule has 0 unspecified atom stereocenters. The van der Waals surface area contributed by atoms with E-state index in [0.29, 0.717) is 31.0 Å². The van der Waals surface area contributed by atoms with E-state index < -0.39 is 23.2 Å². The van der Waals surface area contributed by atoms with E-state index in [1.54, 1.807) is 24.0 Å². The Balaban J connectivity index is 2.20. The third-order valence-electron chi connectivity index (χ3n) is 5.09. The number of nitrogens with one attached hydrogen (secondary N) is 1. The van der Waals surface area contributed by atoms with Gasteiger partial charge in [0.1, 0.15) is 6.04 Å². The maximum Gasteiger partial charge on any atom is 0.405 e. The van der Waals surface area contributed by atoms with Crippen LogP contribution in [0.15, 0.2) is 24.3 Å². The molecule has 1 aliphatic heterocycles. The molecule has 1 heterocycles. The van der Waals surface area contributed by atoms with Crippen molar-refractivity contribution in [2.45, 2.75) is 45.3 Å². The molecule has 1 saturated heterocycles. The summed E-state index contributed by atoms with van der Waals surface area (Å²) in [7, 11) is 0. The summed E-state index contributed by atoms with van der Waals surface area (Å²) in [6.45, 7) is 6.28. The van der Waals surface area contributed by atoms with Crippen LogP contribution in [0.2, 0.25) is 5.02 Å². The lowest BCUT2D eigenvalue weighted by atomic mass is 9.66. The second-order valence-corrected chi connectivity index (χ2v) is 7.61. The van der Waals surface area contributed by atoms with Crippen LogP contribution in [-0.4, -0.2) is 46.2 Å². The number of carbonyl (C=O) groups excluding carboxylic acids is 1.